The van der Waals surface area contributed by atoms with Gasteiger partial charge in [0.2, 0.25) is 5.28 Å². The van der Waals surface area contributed by atoms with E-state index in [1.807, 2.05) is 65.8 Å². The summed E-state index contributed by atoms with van der Waals surface area (Å²) in [5, 5.41) is 16.7. The summed E-state index contributed by atoms with van der Waals surface area (Å²) in [6, 6.07) is 7.73. The zero-order chi connectivity index (χ0) is 18.7. The minimum absolute atomic E-state index is 0.226. The van der Waals surface area contributed by atoms with Crippen LogP contribution in [0.15, 0.2) is 29.5 Å². The van der Waals surface area contributed by atoms with Crippen LogP contribution in [-0.4, -0.2) is 41.4 Å². The molecule has 25 heavy (non-hydrogen) atoms. The molecule has 8 heteroatoms. The van der Waals surface area contributed by atoms with Crippen LogP contribution in [0.2, 0.25) is 0 Å². The quantitative estimate of drug-likeness (QED) is 0.328. The summed E-state index contributed by atoms with van der Waals surface area (Å²) in [6.07, 6.45) is 0. The molecule has 1 aliphatic rings. The van der Waals surface area contributed by atoms with Crippen molar-refractivity contribution in [3.05, 3.63) is 35.0 Å². The van der Waals surface area contributed by atoms with Crippen LogP contribution in [-0.2, 0) is 20.8 Å². The van der Waals surface area contributed by atoms with Crippen LogP contribution in [0.4, 0.5) is 0 Å². The molecule has 1 aliphatic heterocycles. The van der Waals surface area contributed by atoms with E-state index in [0.717, 1.165) is 11.0 Å². The van der Waals surface area contributed by atoms with Crippen LogP contribution in [0, 0.1) is 5.21 Å². The van der Waals surface area contributed by atoms with Gasteiger partial charge >= 0.3 is 7.12 Å². The molecule has 7 nitrogen and oxygen atoms in total. The van der Waals surface area contributed by atoms with Crippen molar-refractivity contribution in [1.29, 1.82) is 0 Å². The van der Waals surface area contributed by atoms with E-state index in [4.69, 9.17) is 14.1 Å². The van der Waals surface area contributed by atoms with Gasteiger partial charge in [-0.05, 0) is 52.6 Å². The Morgan fingerprint density at radius 3 is 2.08 bits per heavy atom. The predicted octanol–water partition coefficient (Wildman–Crippen LogP) is 2.64. The Morgan fingerprint density at radius 2 is 1.60 bits per heavy atom. The largest absolute Gasteiger partial charge is 0.569 e. The molecule has 0 radical (unpaired) electrons. The highest BCUT2D eigenvalue weighted by Gasteiger charge is 2.51. The smallest absolute Gasteiger partial charge is 0.494 e. The van der Waals surface area contributed by atoms with E-state index in [0.29, 0.717) is 18.1 Å². The first-order chi connectivity index (χ1) is 11.7. The first-order valence-corrected chi connectivity index (χ1v) is 8.69. The van der Waals surface area contributed by atoms with Crippen molar-refractivity contribution in [2.24, 2.45) is 5.28 Å². The molecule has 1 saturated heterocycles. The molecule has 2 rings (SSSR count). The Hall–Kier alpha value is -1.80. The number of nitrogens with zero attached hydrogens (tertiary/aromatic N) is 3. The van der Waals surface area contributed by atoms with Crippen LogP contribution in [0.25, 0.3) is 0 Å². The lowest BCUT2D eigenvalue weighted by atomic mass is 9.79. The van der Waals surface area contributed by atoms with E-state index in [2.05, 4.69) is 5.28 Å². The molecule has 0 amide bonds. The van der Waals surface area contributed by atoms with Crippen molar-refractivity contribution in [3.63, 3.8) is 0 Å². The Bertz CT molecular complexity index is 584. The fourth-order valence-electron chi connectivity index (χ4n) is 2.42. The molecule has 0 aliphatic carbocycles. The zero-order valence-electron chi connectivity index (χ0n) is 16.0. The second-order valence-electron chi connectivity index (χ2n) is 7.08. The van der Waals surface area contributed by atoms with E-state index in [9.17, 15) is 5.21 Å². The van der Waals surface area contributed by atoms with E-state index in [1.165, 1.54) is 5.01 Å². The van der Waals surface area contributed by atoms with Gasteiger partial charge < -0.3 is 19.4 Å². The van der Waals surface area contributed by atoms with Crippen LogP contribution >= 0.6 is 0 Å². The van der Waals surface area contributed by atoms with Gasteiger partial charge in [-0.2, -0.15) is 0 Å². The lowest BCUT2D eigenvalue weighted by Gasteiger charge is -2.32. The monoisotopic (exact) mass is 349 g/mol. The molecular weight excluding hydrogens is 321 g/mol. The number of rotatable bonds is 7. The Balaban J connectivity index is 1.94. The first-order valence-electron chi connectivity index (χ1n) is 8.69. The van der Waals surface area contributed by atoms with Gasteiger partial charge in [-0.3, -0.25) is 0 Å². The molecule has 0 saturated carbocycles. The van der Waals surface area contributed by atoms with Gasteiger partial charge in [0.05, 0.1) is 29.3 Å². The van der Waals surface area contributed by atoms with Gasteiger partial charge in [-0.25, -0.2) is 0 Å². The summed E-state index contributed by atoms with van der Waals surface area (Å²) < 4.78 is 12.1. The average Bonchev–Trinajstić information content (AvgIpc) is 2.77. The Kier molecular flexibility index (Phi) is 5.95. The van der Waals surface area contributed by atoms with Gasteiger partial charge in [-0.1, -0.05) is 24.3 Å². The number of benzene rings is 1. The zero-order valence-corrected chi connectivity index (χ0v) is 16.0. The molecule has 0 atom stereocenters. The van der Waals surface area contributed by atoms with Gasteiger partial charge in [0.25, 0.3) is 0 Å². The molecule has 1 heterocycles. The van der Waals surface area contributed by atoms with Gasteiger partial charge in [0.1, 0.15) is 6.61 Å². The maximum Gasteiger partial charge on any atom is 0.494 e. The highest BCUT2D eigenvalue weighted by molar-refractivity contribution is 6.62. The topological polar surface area (TPSA) is 69.4 Å². The average molecular weight is 349 g/mol. The Morgan fingerprint density at radius 1 is 1.08 bits per heavy atom. The molecule has 0 spiro atoms. The van der Waals surface area contributed by atoms with E-state index < -0.39 is 0 Å². The molecule has 0 aromatic heterocycles. The van der Waals surface area contributed by atoms with Crippen molar-refractivity contribution in [2.75, 3.05) is 13.1 Å². The second-order valence-corrected chi connectivity index (χ2v) is 7.08. The van der Waals surface area contributed by atoms with Crippen LogP contribution in [0.5, 0.6) is 0 Å². The fraction of sp³-hybridized carbons (Fsp3) is 0.647. The summed E-state index contributed by atoms with van der Waals surface area (Å²) >= 11 is 0. The highest BCUT2D eigenvalue weighted by Crippen LogP contribution is 2.36. The molecule has 1 aromatic carbocycles. The maximum atomic E-state index is 11.7. The fourth-order valence-corrected chi connectivity index (χ4v) is 2.42. The van der Waals surface area contributed by atoms with E-state index in [-0.39, 0.29) is 24.9 Å². The minimum Gasteiger partial charge on any atom is -0.569 e. The van der Waals surface area contributed by atoms with E-state index >= 15 is 0 Å². The molecule has 138 valence electrons. The summed E-state index contributed by atoms with van der Waals surface area (Å²) in [6.45, 7) is 13.3. The summed E-state index contributed by atoms with van der Waals surface area (Å²) in [7, 11) is -0.385. The third-order valence-electron chi connectivity index (χ3n) is 4.84. The van der Waals surface area contributed by atoms with Crippen molar-refractivity contribution >= 4 is 12.6 Å². The number of hydrogen-bond donors (Lipinski definition) is 0. The molecule has 1 aromatic rings. The molecule has 1 fully saturated rings. The molecule has 0 N–H and O–H groups in total. The standard InChI is InChI=1S/C17H28BN3O4/c1-7-20(8-2)21(22)19-23-13-14-9-11-15(12-10-14)18-24-16(3,4)17(5,6)25-18/h9-12H,7-8,13H2,1-6H3/b21-19-. The third kappa shape index (κ3) is 4.44. The number of hydrogen-bond acceptors (Lipinski definition) is 5. The van der Waals surface area contributed by atoms with Crippen molar-refractivity contribution < 1.29 is 19.1 Å². The van der Waals surface area contributed by atoms with Crippen molar-refractivity contribution in [2.45, 2.75) is 59.4 Å². The van der Waals surface area contributed by atoms with Gasteiger partial charge in [0, 0.05) is 0 Å². The SMILES string of the molecule is CCN(CC)/[N+]([O-])=N/OCc1ccc(B2OC(C)(C)C(C)(C)O2)cc1. The second kappa shape index (κ2) is 7.62. The Labute approximate surface area is 150 Å². The van der Waals surface area contributed by atoms with E-state index in [1.54, 1.807) is 0 Å². The van der Waals surface area contributed by atoms with Gasteiger partial charge in [-0.15, -0.1) is 5.01 Å². The normalized spacial score (nSPS) is 19.1. The first kappa shape index (κ1) is 19.5. The highest BCUT2D eigenvalue weighted by atomic mass is 16.7. The molecular formula is C17H28BN3O4. The minimum atomic E-state index is -0.385. The third-order valence-corrected chi connectivity index (χ3v) is 4.84. The lowest BCUT2D eigenvalue weighted by Crippen LogP contribution is -2.41. The summed E-state index contributed by atoms with van der Waals surface area (Å²) in [5.41, 5.74) is 1.14. The van der Waals surface area contributed by atoms with Crippen molar-refractivity contribution in [1.82, 2.24) is 5.01 Å². The summed E-state index contributed by atoms with van der Waals surface area (Å²) in [4.78, 5) is 5.62. The van der Waals surface area contributed by atoms with Crippen LogP contribution < -0.4 is 5.46 Å². The van der Waals surface area contributed by atoms with Gasteiger partial charge in [0.15, 0.2) is 0 Å². The molecule has 0 unspecified atom stereocenters. The van der Waals surface area contributed by atoms with Crippen molar-refractivity contribution in [3.8, 4) is 0 Å². The maximum absolute atomic E-state index is 11.7. The van der Waals surface area contributed by atoms with Crippen LogP contribution in [0.3, 0.4) is 0 Å². The summed E-state index contributed by atoms with van der Waals surface area (Å²) in [5.74, 6) is 0. The lowest BCUT2D eigenvalue weighted by molar-refractivity contribution is -0.710. The predicted molar refractivity (Wildman–Crippen MR) is 95.9 cm³/mol. The number of hydrazine groups is 1. The van der Waals surface area contributed by atoms with Crippen LogP contribution in [0.1, 0.15) is 47.1 Å². The molecule has 0 bridgehead atoms.